The quantitative estimate of drug-likeness (QED) is 0.768. The lowest BCUT2D eigenvalue weighted by Gasteiger charge is -2.20. The molecular weight excluding hydrogens is 316 g/mol. The Morgan fingerprint density at radius 1 is 1.17 bits per heavy atom. The van der Waals surface area contributed by atoms with Gasteiger partial charge in [0.25, 0.3) is 5.91 Å². The smallest absolute Gasteiger partial charge is 0.287 e. The number of para-hydroxylation sites is 1. The Kier molecular flexibility index (Phi) is 4.31. The summed E-state index contributed by atoms with van der Waals surface area (Å²) in [7, 11) is 0. The van der Waals surface area contributed by atoms with Gasteiger partial charge in [0.15, 0.2) is 17.2 Å². The third-order valence-electron chi connectivity index (χ3n) is 3.76. The van der Waals surface area contributed by atoms with Gasteiger partial charge in [-0.2, -0.15) is 0 Å². The van der Waals surface area contributed by atoms with Crippen LogP contribution in [-0.4, -0.2) is 17.1 Å². The summed E-state index contributed by atoms with van der Waals surface area (Å²) in [6, 6.07) is 10.5. The molecule has 0 saturated carbocycles. The minimum absolute atomic E-state index is 0.00869. The van der Waals surface area contributed by atoms with Crippen LogP contribution < -0.4 is 5.32 Å². The molecule has 6 heteroatoms. The van der Waals surface area contributed by atoms with Crippen molar-refractivity contribution in [2.75, 3.05) is 0 Å². The topological polar surface area (TPSA) is 62.5 Å². The average Bonchev–Trinajstić information content (AvgIpc) is 3.00. The first-order valence-electron chi connectivity index (χ1n) is 7.38. The standard InChI is InChI=1S/C18H15F2NO3/c1-10(16(22)11-5-7-13(19)8-6-11)21-18(23)15-9-12-3-2-4-14(20)17(12)24-15/h2-10,16,22H,1H3,(H,21,23). The monoisotopic (exact) mass is 331 g/mol. The number of rotatable bonds is 4. The van der Waals surface area contributed by atoms with Crippen LogP contribution in [0.25, 0.3) is 11.0 Å². The van der Waals surface area contributed by atoms with Crippen molar-refractivity contribution in [1.29, 1.82) is 0 Å². The zero-order chi connectivity index (χ0) is 17.3. The fourth-order valence-corrected chi connectivity index (χ4v) is 2.44. The molecule has 124 valence electrons. The van der Waals surface area contributed by atoms with Gasteiger partial charge in [-0.05, 0) is 36.8 Å². The van der Waals surface area contributed by atoms with Crippen LogP contribution in [0, 0.1) is 11.6 Å². The first-order valence-corrected chi connectivity index (χ1v) is 7.38. The molecule has 1 amide bonds. The van der Waals surface area contributed by atoms with Crippen LogP contribution in [-0.2, 0) is 0 Å². The second kappa shape index (κ2) is 6.41. The van der Waals surface area contributed by atoms with E-state index < -0.39 is 29.7 Å². The highest BCUT2D eigenvalue weighted by Crippen LogP contribution is 2.23. The van der Waals surface area contributed by atoms with E-state index in [0.717, 1.165) is 0 Å². The summed E-state index contributed by atoms with van der Waals surface area (Å²) in [6.07, 6.45) is -1.02. The summed E-state index contributed by atoms with van der Waals surface area (Å²) in [6.45, 7) is 1.61. The fourth-order valence-electron chi connectivity index (χ4n) is 2.44. The largest absolute Gasteiger partial charge is 0.448 e. The van der Waals surface area contributed by atoms with Gasteiger partial charge in [-0.1, -0.05) is 24.3 Å². The Hall–Kier alpha value is -2.73. The summed E-state index contributed by atoms with van der Waals surface area (Å²) in [5, 5.41) is 13.3. The molecule has 0 aliphatic heterocycles. The molecule has 2 aromatic carbocycles. The van der Waals surface area contributed by atoms with Gasteiger partial charge in [0, 0.05) is 5.39 Å². The van der Waals surface area contributed by atoms with Crippen molar-refractivity contribution in [3.8, 4) is 0 Å². The van der Waals surface area contributed by atoms with Crippen LogP contribution in [0.4, 0.5) is 8.78 Å². The normalized spacial score (nSPS) is 13.7. The van der Waals surface area contributed by atoms with E-state index in [1.165, 1.54) is 42.5 Å². The molecule has 0 radical (unpaired) electrons. The van der Waals surface area contributed by atoms with E-state index in [9.17, 15) is 18.7 Å². The average molecular weight is 331 g/mol. The maximum Gasteiger partial charge on any atom is 0.287 e. The maximum absolute atomic E-state index is 13.6. The summed E-state index contributed by atoms with van der Waals surface area (Å²) < 4.78 is 31.8. The van der Waals surface area contributed by atoms with Crippen LogP contribution in [0.5, 0.6) is 0 Å². The van der Waals surface area contributed by atoms with E-state index >= 15 is 0 Å². The molecule has 4 nitrogen and oxygen atoms in total. The van der Waals surface area contributed by atoms with Crippen LogP contribution in [0.2, 0.25) is 0 Å². The Labute approximate surface area is 136 Å². The molecular formula is C18H15F2NO3. The van der Waals surface area contributed by atoms with Gasteiger partial charge in [-0.25, -0.2) is 8.78 Å². The van der Waals surface area contributed by atoms with Crippen LogP contribution >= 0.6 is 0 Å². The third kappa shape index (κ3) is 3.14. The molecule has 3 aromatic rings. The molecule has 1 heterocycles. The molecule has 2 N–H and O–H groups in total. The van der Waals surface area contributed by atoms with Gasteiger partial charge in [-0.3, -0.25) is 4.79 Å². The predicted octanol–water partition coefficient (Wildman–Crippen LogP) is 3.56. The SMILES string of the molecule is CC(NC(=O)c1cc2cccc(F)c2o1)C(O)c1ccc(F)cc1. The highest BCUT2D eigenvalue weighted by molar-refractivity contribution is 5.96. The first kappa shape index (κ1) is 16.1. The van der Waals surface area contributed by atoms with Crippen LogP contribution in [0.3, 0.4) is 0 Å². The number of aliphatic hydroxyl groups is 1. The van der Waals surface area contributed by atoms with E-state index in [2.05, 4.69) is 5.32 Å². The molecule has 2 unspecified atom stereocenters. The molecule has 0 aliphatic rings. The van der Waals surface area contributed by atoms with E-state index in [-0.39, 0.29) is 11.3 Å². The zero-order valence-electron chi connectivity index (χ0n) is 12.8. The molecule has 0 spiro atoms. The summed E-state index contributed by atoms with van der Waals surface area (Å²) in [5.41, 5.74) is 0.481. The van der Waals surface area contributed by atoms with Gasteiger partial charge in [0.05, 0.1) is 12.1 Å². The molecule has 0 bridgehead atoms. The number of halogens is 2. The summed E-state index contributed by atoms with van der Waals surface area (Å²) in [4.78, 5) is 12.2. The lowest BCUT2D eigenvalue weighted by atomic mass is 10.0. The third-order valence-corrected chi connectivity index (χ3v) is 3.76. The first-order chi connectivity index (χ1) is 11.5. The van der Waals surface area contributed by atoms with Crippen molar-refractivity contribution in [3.05, 3.63) is 71.5 Å². The number of hydrogen-bond donors (Lipinski definition) is 2. The van der Waals surface area contributed by atoms with E-state index in [1.54, 1.807) is 13.0 Å². The highest BCUT2D eigenvalue weighted by Gasteiger charge is 2.21. The van der Waals surface area contributed by atoms with E-state index in [4.69, 9.17) is 4.42 Å². The lowest BCUT2D eigenvalue weighted by molar-refractivity contribution is 0.0827. The number of carbonyl (C=O) groups excluding carboxylic acids is 1. The Morgan fingerprint density at radius 2 is 1.88 bits per heavy atom. The van der Waals surface area contributed by atoms with Gasteiger partial charge >= 0.3 is 0 Å². The number of nitrogens with one attached hydrogen (secondary N) is 1. The van der Waals surface area contributed by atoms with E-state index in [0.29, 0.717) is 10.9 Å². The van der Waals surface area contributed by atoms with Crippen LogP contribution in [0.15, 0.2) is 52.9 Å². The van der Waals surface area contributed by atoms with Crippen molar-refractivity contribution in [2.24, 2.45) is 0 Å². The number of hydrogen-bond acceptors (Lipinski definition) is 3. The molecule has 24 heavy (non-hydrogen) atoms. The molecule has 1 aromatic heterocycles. The lowest BCUT2D eigenvalue weighted by Crippen LogP contribution is -2.36. The van der Waals surface area contributed by atoms with Crippen molar-refractivity contribution in [2.45, 2.75) is 19.1 Å². The number of furan rings is 1. The van der Waals surface area contributed by atoms with Gasteiger partial charge in [0.1, 0.15) is 5.82 Å². The highest BCUT2D eigenvalue weighted by atomic mass is 19.1. The maximum atomic E-state index is 13.6. The number of benzene rings is 2. The molecule has 0 saturated heterocycles. The summed E-state index contributed by atoms with van der Waals surface area (Å²) >= 11 is 0. The van der Waals surface area contributed by atoms with Gasteiger partial charge < -0.3 is 14.8 Å². The minimum Gasteiger partial charge on any atom is -0.448 e. The van der Waals surface area contributed by atoms with Gasteiger partial charge in [0.2, 0.25) is 0 Å². The second-order valence-electron chi connectivity index (χ2n) is 5.53. The van der Waals surface area contributed by atoms with E-state index in [1.807, 2.05) is 0 Å². The number of amides is 1. The molecule has 0 aliphatic carbocycles. The predicted molar refractivity (Wildman–Crippen MR) is 84.5 cm³/mol. The van der Waals surface area contributed by atoms with Crippen molar-refractivity contribution in [1.82, 2.24) is 5.32 Å². The number of fused-ring (bicyclic) bond motifs is 1. The molecule has 2 atom stereocenters. The zero-order valence-corrected chi connectivity index (χ0v) is 12.8. The molecule has 0 fully saturated rings. The summed E-state index contributed by atoms with van der Waals surface area (Å²) in [5.74, 6) is -1.58. The van der Waals surface area contributed by atoms with Gasteiger partial charge in [-0.15, -0.1) is 0 Å². The Bertz CT molecular complexity index is 874. The molecule has 3 rings (SSSR count). The van der Waals surface area contributed by atoms with Crippen molar-refractivity contribution in [3.63, 3.8) is 0 Å². The van der Waals surface area contributed by atoms with Crippen molar-refractivity contribution >= 4 is 16.9 Å². The van der Waals surface area contributed by atoms with Crippen LogP contribution in [0.1, 0.15) is 29.1 Å². The minimum atomic E-state index is -1.02. The Balaban J connectivity index is 1.75. The number of aliphatic hydroxyl groups excluding tert-OH is 1. The Morgan fingerprint density at radius 3 is 2.54 bits per heavy atom. The fraction of sp³-hybridized carbons (Fsp3) is 0.167. The van der Waals surface area contributed by atoms with Crippen molar-refractivity contribution < 1.29 is 23.1 Å². The number of carbonyl (C=O) groups is 1. The second-order valence-corrected chi connectivity index (χ2v) is 5.53.